The first-order valence-corrected chi connectivity index (χ1v) is 8.08. The molecule has 0 amide bonds. The highest BCUT2D eigenvalue weighted by atomic mass is 32.1. The molecule has 1 aromatic carbocycles. The van der Waals surface area contributed by atoms with Crippen molar-refractivity contribution in [3.63, 3.8) is 0 Å². The first-order chi connectivity index (χ1) is 9.70. The molecular weight excluding hydrogens is 286 g/mol. The van der Waals surface area contributed by atoms with Crippen molar-refractivity contribution < 1.29 is 0 Å². The van der Waals surface area contributed by atoms with Crippen LogP contribution in [0.25, 0.3) is 11.3 Å². The second-order valence-corrected chi connectivity index (χ2v) is 6.91. The summed E-state index contributed by atoms with van der Waals surface area (Å²) in [5.74, 6) is 0. The predicted octanol–water partition coefficient (Wildman–Crippen LogP) is 4.50. The molecule has 0 unspecified atom stereocenters. The molecule has 2 heterocycles. The van der Waals surface area contributed by atoms with Crippen molar-refractivity contribution in [2.45, 2.75) is 20.4 Å². The predicted molar refractivity (Wildman–Crippen MR) is 86.5 cm³/mol. The van der Waals surface area contributed by atoms with Crippen molar-refractivity contribution in [3.8, 4) is 11.3 Å². The van der Waals surface area contributed by atoms with Crippen molar-refractivity contribution in [1.29, 1.82) is 0 Å². The van der Waals surface area contributed by atoms with Gasteiger partial charge in [0, 0.05) is 27.7 Å². The average Bonchev–Trinajstić information content (AvgIpc) is 3.06. The monoisotopic (exact) mass is 301 g/mol. The van der Waals surface area contributed by atoms with Crippen molar-refractivity contribution in [2.24, 2.45) is 0 Å². The van der Waals surface area contributed by atoms with Crippen LogP contribution in [0, 0.1) is 13.8 Å². The highest BCUT2D eigenvalue weighted by molar-refractivity contribution is 7.11. The van der Waals surface area contributed by atoms with E-state index in [0.29, 0.717) is 0 Å². The van der Waals surface area contributed by atoms with Crippen molar-refractivity contribution in [2.75, 3.05) is 5.32 Å². The number of benzene rings is 1. The first kappa shape index (κ1) is 13.3. The maximum absolute atomic E-state index is 4.53. The molecule has 0 saturated carbocycles. The number of nitrogens with one attached hydrogen (secondary N) is 1. The van der Waals surface area contributed by atoms with Crippen molar-refractivity contribution in [3.05, 3.63) is 50.7 Å². The van der Waals surface area contributed by atoms with Gasteiger partial charge in [-0.2, -0.15) is 0 Å². The smallest absolute Gasteiger partial charge is 0.0901 e. The zero-order valence-corrected chi connectivity index (χ0v) is 13.0. The molecule has 0 spiro atoms. The summed E-state index contributed by atoms with van der Waals surface area (Å²) in [6.07, 6.45) is 1.93. The molecule has 3 rings (SSSR count). The Labute approximate surface area is 126 Å². The van der Waals surface area contributed by atoms with Gasteiger partial charge in [-0.05, 0) is 26.0 Å². The molecule has 0 aliphatic heterocycles. The van der Waals surface area contributed by atoms with Crippen LogP contribution in [-0.2, 0) is 6.54 Å². The van der Waals surface area contributed by atoms with Gasteiger partial charge in [0.25, 0.3) is 0 Å². The van der Waals surface area contributed by atoms with Gasteiger partial charge in [0.05, 0.1) is 22.3 Å². The number of aryl methyl sites for hydroxylation is 2. The van der Waals surface area contributed by atoms with Gasteiger partial charge >= 0.3 is 0 Å². The van der Waals surface area contributed by atoms with Gasteiger partial charge in [0.15, 0.2) is 0 Å². The molecule has 3 nitrogen and oxygen atoms in total. The fourth-order valence-corrected chi connectivity index (χ4v) is 3.32. The Morgan fingerprint density at radius 3 is 2.80 bits per heavy atom. The number of aromatic nitrogens is 2. The normalized spacial score (nSPS) is 10.7. The number of anilines is 1. The van der Waals surface area contributed by atoms with Gasteiger partial charge in [-0.25, -0.2) is 9.97 Å². The number of hydrogen-bond acceptors (Lipinski definition) is 5. The number of thiazole rings is 2. The summed E-state index contributed by atoms with van der Waals surface area (Å²) >= 11 is 3.41. The number of hydrogen-bond donors (Lipinski definition) is 1. The maximum atomic E-state index is 4.53. The van der Waals surface area contributed by atoms with Crippen LogP contribution in [0.1, 0.15) is 14.9 Å². The van der Waals surface area contributed by atoms with Gasteiger partial charge in [0.1, 0.15) is 0 Å². The molecule has 3 aromatic rings. The quantitative estimate of drug-likeness (QED) is 0.771. The average molecular weight is 301 g/mol. The van der Waals surface area contributed by atoms with Crippen molar-refractivity contribution >= 4 is 28.4 Å². The molecule has 0 aliphatic rings. The van der Waals surface area contributed by atoms with Crippen LogP contribution in [-0.4, -0.2) is 9.97 Å². The molecule has 0 aliphatic carbocycles. The highest BCUT2D eigenvalue weighted by Crippen LogP contribution is 2.24. The summed E-state index contributed by atoms with van der Waals surface area (Å²) in [6, 6.07) is 8.37. The molecule has 0 bridgehead atoms. The molecule has 0 saturated heterocycles. The summed E-state index contributed by atoms with van der Waals surface area (Å²) in [7, 11) is 0. The van der Waals surface area contributed by atoms with Crippen LogP contribution in [0.5, 0.6) is 0 Å². The largest absolute Gasteiger partial charge is 0.380 e. The minimum atomic E-state index is 0.811. The Kier molecular flexibility index (Phi) is 3.80. The van der Waals surface area contributed by atoms with Crippen LogP contribution >= 0.6 is 22.7 Å². The standard InChI is InChI=1S/C15H15N3S2/c1-10-16-7-14(20-10)8-17-13-5-3-4-12(6-13)15-9-19-11(2)18-15/h3-7,9,17H,8H2,1-2H3. The molecule has 0 radical (unpaired) electrons. The van der Waals surface area contributed by atoms with Gasteiger partial charge in [-0.15, -0.1) is 22.7 Å². The summed E-state index contributed by atoms with van der Waals surface area (Å²) in [5.41, 5.74) is 3.31. The number of nitrogens with zero attached hydrogens (tertiary/aromatic N) is 2. The topological polar surface area (TPSA) is 37.8 Å². The van der Waals surface area contributed by atoms with E-state index in [1.165, 1.54) is 4.88 Å². The lowest BCUT2D eigenvalue weighted by Crippen LogP contribution is -1.97. The van der Waals surface area contributed by atoms with E-state index >= 15 is 0 Å². The van der Waals surface area contributed by atoms with E-state index in [1.807, 2.05) is 20.0 Å². The van der Waals surface area contributed by atoms with Gasteiger partial charge < -0.3 is 5.32 Å². The SMILES string of the molecule is Cc1nc(-c2cccc(NCc3cnc(C)s3)c2)cs1. The fraction of sp³-hybridized carbons (Fsp3) is 0.200. The number of rotatable bonds is 4. The third kappa shape index (κ3) is 3.05. The summed E-state index contributed by atoms with van der Waals surface area (Å²) < 4.78 is 0. The van der Waals surface area contributed by atoms with Crippen molar-refractivity contribution in [1.82, 2.24) is 9.97 Å². The van der Waals surface area contributed by atoms with E-state index < -0.39 is 0 Å². The molecule has 20 heavy (non-hydrogen) atoms. The zero-order valence-electron chi connectivity index (χ0n) is 11.4. The minimum absolute atomic E-state index is 0.811. The van der Waals surface area contributed by atoms with E-state index in [1.54, 1.807) is 22.7 Å². The fourth-order valence-electron chi connectivity index (χ4n) is 1.96. The van der Waals surface area contributed by atoms with Crippen LogP contribution in [0.4, 0.5) is 5.69 Å². The lowest BCUT2D eigenvalue weighted by molar-refractivity contribution is 1.17. The second-order valence-electron chi connectivity index (χ2n) is 4.53. The Bertz CT molecular complexity index is 715. The van der Waals surface area contributed by atoms with E-state index in [0.717, 1.165) is 33.5 Å². The van der Waals surface area contributed by atoms with Crippen LogP contribution in [0.3, 0.4) is 0 Å². The highest BCUT2D eigenvalue weighted by Gasteiger charge is 2.03. The first-order valence-electron chi connectivity index (χ1n) is 6.38. The van der Waals surface area contributed by atoms with E-state index in [-0.39, 0.29) is 0 Å². The van der Waals surface area contributed by atoms with Crippen LogP contribution in [0.2, 0.25) is 0 Å². The molecule has 1 N–H and O–H groups in total. The van der Waals surface area contributed by atoms with E-state index in [9.17, 15) is 0 Å². The van der Waals surface area contributed by atoms with Crippen LogP contribution in [0.15, 0.2) is 35.8 Å². The molecular formula is C15H15N3S2. The van der Waals surface area contributed by atoms with Gasteiger partial charge in [0.2, 0.25) is 0 Å². The zero-order chi connectivity index (χ0) is 13.9. The minimum Gasteiger partial charge on any atom is -0.380 e. The Balaban J connectivity index is 1.74. The van der Waals surface area contributed by atoms with E-state index in [2.05, 4.69) is 44.9 Å². The third-order valence-electron chi connectivity index (χ3n) is 2.91. The summed E-state index contributed by atoms with van der Waals surface area (Å²) in [5, 5.41) is 7.74. The second kappa shape index (κ2) is 5.73. The Morgan fingerprint density at radius 2 is 2.10 bits per heavy atom. The summed E-state index contributed by atoms with van der Waals surface area (Å²) in [6.45, 7) is 4.87. The molecule has 2 aromatic heterocycles. The summed E-state index contributed by atoms with van der Waals surface area (Å²) in [4.78, 5) is 10.0. The van der Waals surface area contributed by atoms with E-state index in [4.69, 9.17) is 0 Å². The van der Waals surface area contributed by atoms with Gasteiger partial charge in [-0.3, -0.25) is 0 Å². The molecule has 0 fully saturated rings. The Hall–Kier alpha value is -1.72. The molecule has 5 heteroatoms. The lowest BCUT2D eigenvalue weighted by atomic mass is 10.1. The lowest BCUT2D eigenvalue weighted by Gasteiger charge is -2.06. The molecule has 102 valence electrons. The molecule has 0 atom stereocenters. The van der Waals surface area contributed by atoms with Gasteiger partial charge in [-0.1, -0.05) is 12.1 Å². The third-order valence-corrected chi connectivity index (χ3v) is 4.60. The van der Waals surface area contributed by atoms with Crippen LogP contribution < -0.4 is 5.32 Å². The Morgan fingerprint density at radius 1 is 1.20 bits per heavy atom. The maximum Gasteiger partial charge on any atom is 0.0901 e.